The van der Waals surface area contributed by atoms with Crippen LogP contribution < -0.4 is 10.6 Å². The number of rotatable bonds is 6. The van der Waals surface area contributed by atoms with E-state index in [1.54, 1.807) is 0 Å². The molecule has 2 aromatic carbocycles. The molecule has 0 N–H and O–H groups in total. The van der Waals surface area contributed by atoms with E-state index in [-0.39, 0.29) is 0 Å². The topological polar surface area (TPSA) is 20.1 Å². The molecule has 0 aromatic heterocycles. The molecule has 2 aromatic rings. The zero-order valence-electron chi connectivity index (χ0n) is 12.2. The van der Waals surface area contributed by atoms with Gasteiger partial charge in [-0.3, -0.25) is 4.57 Å². The Morgan fingerprint density at radius 1 is 1.05 bits per heavy atom. The van der Waals surface area contributed by atoms with Crippen LogP contribution in [0.4, 0.5) is 0 Å². The van der Waals surface area contributed by atoms with E-state index in [4.69, 9.17) is 0 Å². The molecule has 1 aliphatic rings. The molecule has 2 nitrogen and oxygen atoms in total. The van der Waals surface area contributed by atoms with Crippen LogP contribution in [0.3, 0.4) is 0 Å². The van der Waals surface area contributed by atoms with Gasteiger partial charge in [-0.15, -0.1) is 0 Å². The van der Waals surface area contributed by atoms with Gasteiger partial charge in [0, 0.05) is 23.2 Å². The molecule has 0 spiro atoms. The third-order valence-corrected chi connectivity index (χ3v) is 7.77. The molecule has 1 fully saturated rings. The van der Waals surface area contributed by atoms with Gasteiger partial charge in [0.05, 0.1) is 0 Å². The fourth-order valence-electron chi connectivity index (χ4n) is 2.71. The fraction of sp³-hybridized carbons (Fsp3) is 0.294. The molecule has 4 heteroatoms. The molecule has 1 heterocycles. The van der Waals surface area contributed by atoms with Gasteiger partial charge in [0.1, 0.15) is 0 Å². The highest BCUT2D eigenvalue weighted by atomic mass is 32.2. The van der Waals surface area contributed by atoms with Gasteiger partial charge in [-0.05, 0) is 42.7 Å². The Labute approximate surface area is 131 Å². The minimum Gasteiger partial charge on any atom is -0.296 e. The third kappa shape index (κ3) is 2.96. The molecule has 0 aliphatic carbocycles. The van der Waals surface area contributed by atoms with Crippen molar-refractivity contribution in [1.29, 1.82) is 0 Å². The number of nitrogens with zero attached hydrogens (tertiary/aromatic N) is 1. The third-order valence-electron chi connectivity index (χ3n) is 3.92. The lowest BCUT2D eigenvalue weighted by Gasteiger charge is -2.21. The summed E-state index contributed by atoms with van der Waals surface area (Å²) in [5.74, 6) is 1.13. The highest BCUT2D eigenvalue weighted by molar-refractivity contribution is 7.98. The predicted octanol–water partition coefficient (Wildman–Crippen LogP) is 3.35. The second-order valence-electron chi connectivity index (χ2n) is 5.30. The van der Waals surface area contributed by atoms with Gasteiger partial charge in [0.2, 0.25) is 7.29 Å². The lowest BCUT2D eigenvalue weighted by atomic mass is 10.4. The molecule has 21 heavy (non-hydrogen) atoms. The Bertz CT molecular complexity index is 588. The average molecular weight is 317 g/mol. The lowest BCUT2D eigenvalue weighted by molar-refractivity contribution is 0.557. The van der Waals surface area contributed by atoms with E-state index < -0.39 is 7.29 Å². The molecule has 1 saturated heterocycles. The van der Waals surface area contributed by atoms with Crippen molar-refractivity contribution in [2.24, 2.45) is 0 Å². The van der Waals surface area contributed by atoms with Gasteiger partial charge in [-0.1, -0.05) is 36.4 Å². The van der Waals surface area contributed by atoms with Crippen LogP contribution in [-0.2, 0) is 4.57 Å². The highest BCUT2D eigenvalue weighted by Crippen LogP contribution is 2.55. The summed E-state index contributed by atoms with van der Waals surface area (Å²) in [4.78, 5) is 0. The first-order valence-electron chi connectivity index (χ1n) is 7.24. The van der Waals surface area contributed by atoms with Gasteiger partial charge >= 0.3 is 0 Å². The van der Waals surface area contributed by atoms with Crippen LogP contribution >= 0.6 is 19.1 Å². The Morgan fingerprint density at radius 3 is 2.05 bits per heavy atom. The van der Waals surface area contributed by atoms with Crippen LogP contribution in [0.25, 0.3) is 0 Å². The maximum atomic E-state index is 13.9. The number of hydrogen-bond donors (Lipinski definition) is 0. The molecule has 1 aliphatic heterocycles. The second-order valence-corrected chi connectivity index (χ2v) is 8.99. The molecule has 1 unspecified atom stereocenters. The summed E-state index contributed by atoms with van der Waals surface area (Å²) < 4.78 is 16.1. The van der Waals surface area contributed by atoms with Crippen LogP contribution in [0, 0.1) is 0 Å². The predicted molar refractivity (Wildman–Crippen MR) is 93.3 cm³/mol. The quantitative estimate of drug-likeness (QED) is 0.602. The van der Waals surface area contributed by atoms with Crippen molar-refractivity contribution in [3.05, 3.63) is 60.7 Å². The lowest BCUT2D eigenvalue weighted by Crippen LogP contribution is -2.22. The first-order valence-corrected chi connectivity index (χ1v) is 10.3. The normalized spacial score (nSPS) is 21.2. The van der Waals surface area contributed by atoms with Gasteiger partial charge in [-0.25, -0.2) is 4.67 Å². The minimum atomic E-state index is -2.66. The summed E-state index contributed by atoms with van der Waals surface area (Å²) in [6, 6.07) is 20.3. The molecule has 3 rings (SSSR count). The SMILES string of the molecule is CSCC[C@H]1CN1P(=O)(c1ccccc1)c1ccccc1. The van der Waals surface area contributed by atoms with Crippen LogP contribution in [0.1, 0.15) is 6.42 Å². The summed E-state index contributed by atoms with van der Waals surface area (Å²) in [7, 11) is -2.66. The van der Waals surface area contributed by atoms with Crippen molar-refractivity contribution in [3.8, 4) is 0 Å². The van der Waals surface area contributed by atoms with E-state index >= 15 is 0 Å². The van der Waals surface area contributed by atoms with Crippen molar-refractivity contribution in [3.63, 3.8) is 0 Å². The fourth-order valence-corrected chi connectivity index (χ4v) is 6.26. The molecule has 0 amide bonds. The van der Waals surface area contributed by atoms with E-state index in [0.717, 1.165) is 29.3 Å². The largest absolute Gasteiger partial charge is 0.296 e. The molecule has 110 valence electrons. The summed E-state index contributed by atoms with van der Waals surface area (Å²) in [5, 5.41) is 1.89. The minimum absolute atomic E-state index is 0.462. The van der Waals surface area contributed by atoms with Crippen molar-refractivity contribution in [1.82, 2.24) is 4.67 Å². The van der Waals surface area contributed by atoms with Crippen LogP contribution in [-0.4, -0.2) is 29.3 Å². The van der Waals surface area contributed by atoms with Gasteiger partial charge in [0.25, 0.3) is 0 Å². The summed E-state index contributed by atoms with van der Waals surface area (Å²) in [5.41, 5.74) is 0. The average Bonchev–Trinajstić information content (AvgIpc) is 3.34. The van der Waals surface area contributed by atoms with Crippen molar-refractivity contribution < 1.29 is 4.57 Å². The maximum absolute atomic E-state index is 13.9. The Hall–Kier alpha value is -1.02. The highest BCUT2D eigenvalue weighted by Gasteiger charge is 2.48. The molecular weight excluding hydrogens is 297 g/mol. The van der Waals surface area contributed by atoms with Crippen LogP contribution in [0.2, 0.25) is 0 Å². The smallest absolute Gasteiger partial charge is 0.207 e. The van der Waals surface area contributed by atoms with E-state index in [2.05, 4.69) is 10.9 Å². The Balaban J connectivity index is 1.96. The number of hydrogen-bond acceptors (Lipinski definition) is 2. The number of benzene rings is 2. The number of thioether (sulfide) groups is 1. The molecule has 0 saturated carbocycles. The van der Waals surface area contributed by atoms with E-state index in [1.165, 1.54) is 0 Å². The van der Waals surface area contributed by atoms with Gasteiger partial charge in [-0.2, -0.15) is 11.8 Å². The monoisotopic (exact) mass is 317 g/mol. The zero-order valence-corrected chi connectivity index (χ0v) is 13.9. The summed E-state index contributed by atoms with van der Waals surface area (Å²) in [6.07, 6.45) is 3.24. The molecule has 2 atom stereocenters. The van der Waals surface area contributed by atoms with E-state index in [0.29, 0.717) is 6.04 Å². The van der Waals surface area contributed by atoms with Gasteiger partial charge < -0.3 is 0 Å². The van der Waals surface area contributed by atoms with Crippen molar-refractivity contribution in [2.75, 3.05) is 18.6 Å². The van der Waals surface area contributed by atoms with E-state index in [1.807, 2.05) is 72.4 Å². The maximum Gasteiger partial charge on any atom is 0.207 e. The Morgan fingerprint density at radius 2 is 1.57 bits per heavy atom. The molecule has 0 radical (unpaired) electrons. The summed E-state index contributed by atoms with van der Waals surface area (Å²) >= 11 is 1.86. The van der Waals surface area contributed by atoms with Crippen LogP contribution in [0.5, 0.6) is 0 Å². The molecular formula is C17H20NOPS. The summed E-state index contributed by atoms with van der Waals surface area (Å²) in [6.45, 7) is 0.946. The second kappa shape index (κ2) is 6.39. The standard InChI is InChI=1S/C17H20NOPS/c1-21-13-12-15-14-18(15)20(19,16-8-4-2-5-9-16)17-10-6-3-7-11-17/h2-11,15H,12-14H2,1H3/t15-,18?/m0/s1. The first kappa shape index (κ1) is 14.9. The van der Waals surface area contributed by atoms with E-state index in [9.17, 15) is 4.57 Å². The first-order chi connectivity index (χ1) is 10.3. The van der Waals surface area contributed by atoms with Crippen molar-refractivity contribution >= 4 is 29.7 Å². The van der Waals surface area contributed by atoms with Gasteiger partial charge in [0.15, 0.2) is 0 Å². The zero-order chi connectivity index (χ0) is 14.7. The van der Waals surface area contributed by atoms with Crippen molar-refractivity contribution in [2.45, 2.75) is 12.5 Å². The molecule has 0 bridgehead atoms. The van der Waals surface area contributed by atoms with Crippen LogP contribution in [0.15, 0.2) is 60.7 Å². The Kier molecular flexibility index (Phi) is 4.54.